The number of piperidine rings is 1. The predicted octanol–water partition coefficient (Wildman–Crippen LogP) is -1.77. The van der Waals surface area contributed by atoms with Crippen LogP contribution in [0.1, 0.15) is 6.42 Å². The van der Waals surface area contributed by atoms with Gasteiger partial charge in [-0.3, -0.25) is 4.79 Å². The van der Waals surface area contributed by atoms with Gasteiger partial charge in [-0.2, -0.15) is 0 Å². The first kappa shape index (κ1) is 6.51. The minimum atomic E-state index is -1.02. The molecular formula is C5H9NO3. The van der Waals surface area contributed by atoms with Gasteiger partial charge in [-0.15, -0.1) is 0 Å². The average molecular weight is 131 g/mol. The molecule has 0 radical (unpaired) electrons. The number of hydrogen-bond acceptors (Lipinski definition) is 3. The Morgan fingerprint density at radius 3 is 2.67 bits per heavy atom. The third-order valence-corrected chi connectivity index (χ3v) is 1.31. The van der Waals surface area contributed by atoms with Crippen LogP contribution in [0, 0.1) is 0 Å². The smallest absolute Gasteiger partial charge is 0.249 e. The molecule has 0 saturated carbocycles. The summed E-state index contributed by atoms with van der Waals surface area (Å²) in [5.41, 5.74) is 0. The summed E-state index contributed by atoms with van der Waals surface area (Å²) in [6.07, 6.45) is -1.45. The molecule has 4 heteroatoms. The zero-order chi connectivity index (χ0) is 6.85. The molecule has 3 N–H and O–H groups in total. The molecule has 1 amide bonds. The SMILES string of the molecule is O=C1NC[C@H](O)C[C@H]1O. The molecule has 1 fully saturated rings. The van der Waals surface area contributed by atoms with E-state index in [4.69, 9.17) is 10.2 Å². The summed E-state index contributed by atoms with van der Waals surface area (Å²) in [7, 11) is 0. The summed E-state index contributed by atoms with van der Waals surface area (Å²) in [6.45, 7) is 0.260. The highest BCUT2D eigenvalue weighted by atomic mass is 16.3. The van der Waals surface area contributed by atoms with E-state index in [1.807, 2.05) is 0 Å². The lowest BCUT2D eigenvalue weighted by molar-refractivity contribution is -0.134. The average Bonchev–Trinajstić information content (AvgIpc) is 1.80. The fourth-order valence-electron chi connectivity index (χ4n) is 0.784. The highest BCUT2D eigenvalue weighted by Gasteiger charge is 2.24. The molecule has 4 nitrogen and oxygen atoms in total. The molecule has 52 valence electrons. The minimum Gasteiger partial charge on any atom is -0.391 e. The number of amides is 1. The third kappa shape index (κ3) is 1.40. The van der Waals surface area contributed by atoms with Crippen molar-refractivity contribution < 1.29 is 15.0 Å². The Morgan fingerprint density at radius 2 is 2.22 bits per heavy atom. The summed E-state index contributed by atoms with van der Waals surface area (Å²) >= 11 is 0. The van der Waals surface area contributed by atoms with Gasteiger partial charge in [-0.05, 0) is 0 Å². The van der Waals surface area contributed by atoms with Gasteiger partial charge in [-0.25, -0.2) is 0 Å². The standard InChI is InChI=1S/C5H9NO3/c7-3-1-4(8)5(9)6-2-3/h3-4,7-8H,1-2H2,(H,6,9)/t3-,4-/m1/s1. The normalized spacial score (nSPS) is 36.0. The summed E-state index contributed by atoms with van der Waals surface area (Å²) in [4.78, 5) is 10.5. The number of nitrogens with one attached hydrogen (secondary N) is 1. The molecule has 9 heavy (non-hydrogen) atoms. The Morgan fingerprint density at radius 1 is 1.56 bits per heavy atom. The monoisotopic (exact) mass is 131 g/mol. The zero-order valence-corrected chi connectivity index (χ0v) is 4.87. The highest BCUT2D eigenvalue weighted by molar-refractivity contribution is 5.81. The van der Waals surface area contributed by atoms with Crippen molar-refractivity contribution in [3.63, 3.8) is 0 Å². The molecule has 0 aromatic heterocycles. The number of β-amino-alcohol motifs (C(OH)–C–C–N with tert-alkyl or cyclic N) is 1. The largest absolute Gasteiger partial charge is 0.391 e. The molecule has 0 aliphatic carbocycles. The van der Waals surface area contributed by atoms with Crippen LogP contribution in [0.2, 0.25) is 0 Å². The van der Waals surface area contributed by atoms with Crippen molar-refractivity contribution in [3.05, 3.63) is 0 Å². The summed E-state index contributed by atoms with van der Waals surface area (Å²) in [6, 6.07) is 0. The number of carbonyl (C=O) groups excluding carboxylic acids is 1. The first-order valence-electron chi connectivity index (χ1n) is 2.84. The lowest BCUT2D eigenvalue weighted by Crippen LogP contribution is -2.47. The lowest BCUT2D eigenvalue weighted by atomic mass is 10.1. The summed E-state index contributed by atoms with van der Waals surface area (Å²) in [5.74, 6) is -0.389. The fraction of sp³-hybridized carbons (Fsp3) is 0.800. The number of rotatable bonds is 0. The van der Waals surface area contributed by atoms with E-state index in [-0.39, 0.29) is 18.9 Å². The first-order valence-corrected chi connectivity index (χ1v) is 2.84. The van der Waals surface area contributed by atoms with Crippen molar-refractivity contribution in [1.82, 2.24) is 5.32 Å². The number of carbonyl (C=O) groups is 1. The second kappa shape index (κ2) is 2.33. The van der Waals surface area contributed by atoms with E-state index >= 15 is 0 Å². The van der Waals surface area contributed by atoms with E-state index < -0.39 is 12.2 Å². The number of aliphatic hydroxyl groups is 2. The molecule has 0 spiro atoms. The molecular weight excluding hydrogens is 122 g/mol. The molecule has 0 bridgehead atoms. The molecule has 1 heterocycles. The van der Waals surface area contributed by atoms with E-state index in [1.54, 1.807) is 0 Å². The number of hydrogen-bond donors (Lipinski definition) is 3. The van der Waals surface area contributed by atoms with Gasteiger partial charge >= 0.3 is 0 Å². The Labute approximate surface area is 52.5 Å². The third-order valence-electron chi connectivity index (χ3n) is 1.31. The van der Waals surface area contributed by atoms with Crippen LogP contribution in [0.25, 0.3) is 0 Å². The molecule has 1 saturated heterocycles. The van der Waals surface area contributed by atoms with Crippen molar-refractivity contribution in [2.45, 2.75) is 18.6 Å². The molecule has 1 aliphatic rings. The van der Waals surface area contributed by atoms with Crippen LogP contribution in [0.4, 0.5) is 0 Å². The molecule has 1 aliphatic heterocycles. The Bertz CT molecular complexity index is 125. The van der Waals surface area contributed by atoms with Gasteiger partial charge in [0.2, 0.25) is 5.91 Å². The van der Waals surface area contributed by atoms with Crippen LogP contribution in [0.15, 0.2) is 0 Å². The van der Waals surface area contributed by atoms with Crippen LogP contribution in [0.3, 0.4) is 0 Å². The van der Waals surface area contributed by atoms with Gasteiger partial charge in [0.05, 0.1) is 6.10 Å². The van der Waals surface area contributed by atoms with Crippen LogP contribution in [0.5, 0.6) is 0 Å². The van der Waals surface area contributed by atoms with E-state index in [0.29, 0.717) is 0 Å². The lowest BCUT2D eigenvalue weighted by Gasteiger charge is -2.21. The quantitative estimate of drug-likeness (QED) is 0.364. The Hall–Kier alpha value is -0.610. The molecule has 2 atom stereocenters. The van der Waals surface area contributed by atoms with Crippen LogP contribution in [-0.4, -0.2) is 34.9 Å². The van der Waals surface area contributed by atoms with E-state index in [1.165, 1.54) is 0 Å². The van der Waals surface area contributed by atoms with Crippen molar-refractivity contribution in [2.75, 3.05) is 6.54 Å². The minimum absolute atomic E-state index is 0.159. The molecule has 0 aromatic carbocycles. The fourth-order valence-corrected chi connectivity index (χ4v) is 0.784. The number of aliphatic hydroxyl groups excluding tert-OH is 2. The van der Waals surface area contributed by atoms with Gasteiger partial charge < -0.3 is 15.5 Å². The van der Waals surface area contributed by atoms with E-state index in [2.05, 4.69) is 5.32 Å². The van der Waals surface area contributed by atoms with Crippen molar-refractivity contribution in [2.24, 2.45) is 0 Å². The predicted molar refractivity (Wildman–Crippen MR) is 29.6 cm³/mol. The maximum absolute atomic E-state index is 10.5. The molecule has 0 unspecified atom stereocenters. The zero-order valence-electron chi connectivity index (χ0n) is 4.87. The van der Waals surface area contributed by atoms with Crippen LogP contribution >= 0.6 is 0 Å². The van der Waals surface area contributed by atoms with Gasteiger partial charge in [0, 0.05) is 13.0 Å². The van der Waals surface area contributed by atoms with Crippen LogP contribution < -0.4 is 5.32 Å². The molecule has 1 rings (SSSR count). The Kier molecular flexibility index (Phi) is 1.68. The second-order valence-corrected chi connectivity index (χ2v) is 2.15. The first-order chi connectivity index (χ1) is 4.20. The summed E-state index contributed by atoms with van der Waals surface area (Å²) < 4.78 is 0. The van der Waals surface area contributed by atoms with Gasteiger partial charge in [0.25, 0.3) is 0 Å². The topological polar surface area (TPSA) is 69.6 Å². The maximum Gasteiger partial charge on any atom is 0.249 e. The van der Waals surface area contributed by atoms with Gasteiger partial charge in [-0.1, -0.05) is 0 Å². The van der Waals surface area contributed by atoms with E-state index in [9.17, 15) is 4.79 Å². The highest BCUT2D eigenvalue weighted by Crippen LogP contribution is 2.02. The molecule has 0 aromatic rings. The van der Waals surface area contributed by atoms with Crippen molar-refractivity contribution >= 4 is 5.91 Å². The van der Waals surface area contributed by atoms with Gasteiger partial charge in [0.15, 0.2) is 0 Å². The van der Waals surface area contributed by atoms with Crippen LogP contribution in [-0.2, 0) is 4.79 Å². The van der Waals surface area contributed by atoms with Crippen molar-refractivity contribution in [3.8, 4) is 0 Å². The Balaban J connectivity index is 2.44. The second-order valence-electron chi connectivity index (χ2n) is 2.15. The van der Waals surface area contributed by atoms with Gasteiger partial charge in [0.1, 0.15) is 6.10 Å². The summed E-state index contributed by atoms with van der Waals surface area (Å²) in [5, 5.41) is 19.9. The maximum atomic E-state index is 10.5. The van der Waals surface area contributed by atoms with Crippen molar-refractivity contribution in [1.29, 1.82) is 0 Å². The van der Waals surface area contributed by atoms with E-state index in [0.717, 1.165) is 0 Å².